The van der Waals surface area contributed by atoms with E-state index < -0.39 is 0 Å². The molecule has 1 aliphatic carbocycles. The van der Waals surface area contributed by atoms with Gasteiger partial charge in [-0.2, -0.15) is 0 Å². The van der Waals surface area contributed by atoms with E-state index in [1.807, 2.05) is 22.9 Å². The number of nitrogens with zero attached hydrogens (tertiary/aromatic N) is 5. The average molecular weight is 467 g/mol. The molecule has 2 fully saturated rings. The maximum absolute atomic E-state index is 13.0. The van der Waals surface area contributed by atoms with Crippen LogP contribution in [0.4, 0.5) is 0 Å². The van der Waals surface area contributed by atoms with Crippen LogP contribution in [0.1, 0.15) is 56.3 Å². The van der Waals surface area contributed by atoms with Gasteiger partial charge in [0.2, 0.25) is 6.79 Å². The van der Waals surface area contributed by atoms with Crippen molar-refractivity contribution in [3.8, 4) is 11.5 Å². The molecule has 2 aliphatic heterocycles. The topological polar surface area (TPSA) is 107 Å². The number of hydrogen-bond acceptors (Lipinski definition) is 8. The van der Waals surface area contributed by atoms with Crippen molar-refractivity contribution in [2.75, 3.05) is 13.4 Å². The largest absolute Gasteiger partial charge is 0.454 e. The number of nitrogens with one attached hydrogen (secondary N) is 1. The van der Waals surface area contributed by atoms with Gasteiger partial charge in [0.05, 0.1) is 24.7 Å². The third-order valence-electron chi connectivity index (χ3n) is 7.23. The maximum Gasteiger partial charge on any atom is 0.252 e. The number of aromatic nitrogens is 5. The molecule has 1 N–H and O–H groups in total. The first-order chi connectivity index (χ1) is 16.7. The van der Waals surface area contributed by atoms with Crippen LogP contribution in [0.25, 0.3) is 10.9 Å². The molecular formula is C24H30N6O4. The summed E-state index contributed by atoms with van der Waals surface area (Å²) in [5.74, 6) is 2.20. The molecule has 1 aromatic carbocycles. The lowest BCUT2D eigenvalue weighted by Gasteiger charge is -2.34. The molecule has 10 nitrogen and oxygen atoms in total. The van der Waals surface area contributed by atoms with E-state index in [4.69, 9.17) is 14.2 Å². The monoisotopic (exact) mass is 466 g/mol. The van der Waals surface area contributed by atoms with Gasteiger partial charge in [-0.15, -0.1) is 5.10 Å². The summed E-state index contributed by atoms with van der Waals surface area (Å²) < 4.78 is 18.7. The molecule has 6 rings (SSSR count). The number of H-pyrrole nitrogens is 1. The molecule has 4 heterocycles. The summed E-state index contributed by atoms with van der Waals surface area (Å²) in [6.07, 6.45) is 8.22. The second-order valence-electron chi connectivity index (χ2n) is 9.53. The van der Waals surface area contributed by atoms with Gasteiger partial charge in [0.15, 0.2) is 17.3 Å². The molecular weight excluding hydrogens is 436 g/mol. The van der Waals surface area contributed by atoms with Crippen molar-refractivity contribution >= 4 is 10.9 Å². The Morgan fingerprint density at radius 3 is 2.71 bits per heavy atom. The Labute approximate surface area is 197 Å². The van der Waals surface area contributed by atoms with Crippen LogP contribution >= 0.6 is 0 Å². The Morgan fingerprint density at radius 1 is 1.03 bits per heavy atom. The molecule has 3 aliphatic rings. The van der Waals surface area contributed by atoms with Gasteiger partial charge < -0.3 is 19.2 Å². The van der Waals surface area contributed by atoms with Crippen LogP contribution in [0.5, 0.6) is 11.5 Å². The van der Waals surface area contributed by atoms with Gasteiger partial charge in [-0.3, -0.25) is 9.69 Å². The fourth-order valence-corrected chi connectivity index (χ4v) is 5.38. The SMILES string of the molecule is O=c1[nH]c2cc3c(cc2cc1CN(Cc1nnnn1C[C@H]1CCCO1)C1CCCCC1)OCO3. The van der Waals surface area contributed by atoms with Crippen molar-refractivity contribution in [1.29, 1.82) is 0 Å². The van der Waals surface area contributed by atoms with Gasteiger partial charge in [-0.05, 0) is 48.2 Å². The standard InChI is InChI=1S/C24H30N6O4/c31-24-17(9-16-10-21-22(34-15-33-21)11-20(16)25-24)12-29(18-5-2-1-3-6-18)14-23-26-27-28-30(23)13-19-7-4-8-32-19/h9-11,18-19H,1-8,12-15H2,(H,25,31)/t19-/m1/s1. The zero-order chi connectivity index (χ0) is 22.9. The summed E-state index contributed by atoms with van der Waals surface area (Å²) in [5, 5.41) is 13.5. The van der Waals surface area contributed by atoms with Crippen molar-refractivity contribution in [3.63, 3.8) is 0 Å². The lowest BCUT2D eigenvalue weighted by Crippen LogP contribution is -2.38. The molecule has 3 aromatic rings. The zero-order valence-corrected chi connectivity index (χ0v) is 19.2. The van der Waals surface area contributed by atoms with Crippen LogP contribution in [0, 0.1) is 0 Å². The number of aromatic amines is 1. The molecule has 0 spiro atoms. The van der Waals surface area contributed by atoms with E-state index in [2.05, 4.69) is 25.4 Å². The normalized spacial score (nSPS) is 20.6. The van der Waals surface area contributed by atoms with E-state index in [0.717, 1.165) is 54.6 Å². The minimum atomic E-state index is -0.0777. The minimum absolute atomic E-state index is 0.0777. The molecule has 1 saturated carbocycles. The van der Waals surface area contributed by atoms with Gasteiger partial charge in [0.1, 0.15) is 0 Å². The van der Waals surface area contributed by atoms with Crippen molar-refractivity contribution in [3.05, 3.63) is 39.9 Å². The summed E-state index contributed by atoms with van der Waals surface area (Å²) >= 11 is 0. The van der Waals surface area contributed by atoms with Crippen LogP contribution < -0.4 is 15.0 Å². The number of pyridine rings is 1. The van der Waals surface area contributed by atoms with Crippen LogP contribution in [0.3, 0.4) is 0 Å². The Bertz CT molecular complexity index is 1210. The molecule has 34 heavy (non-hydrogen) atoms. The van der Waals surface area contributed by atoms with Crippen molar-refractivity contribution < 1.29 is 14.2 Å². The fourth-order valence-electron chi connectivity index (χ4n) is 5.38. The highest BCUT2D eigenvalue weighted by Gasteiger charge is 2.26. The van der Waals surface area contributed by atoms with Crippen molar-refractivity contribution in [1.82, 2.24) is 30.1 Å². The van der Waals surface area contributed by atoms with Crippen LogP contribution in [0.15, 0.2) is 23.0 Å². The predicted molar refractivity (Wildman–Crippen MR) is 124 cm³/mol. The van der Waals surface area contributed by atoms with Gasteiger partial charge in [0, 0.05) is 36.2 Å². The first-order valence-electron chi connectivity index (χ1n) is 12.3. The zero-order valence-electron chi connectivity index (χ0n) is 19.2. The van der Waals surface area contributed by atoms with E-state index >= 15 is 0 Å². The molecule has 0 unspecified atom stereocenters. The van der Waals surface area contributed by atoms with E-state index in [-0.39, 0.29) is 18.5 Å². The van der Waals surface area contributed by atoms with Gasteiger partial charge in [-0.25, -0.2) is 4.68 Å². The molecule has 1 saturated heterocycles. The van der Waals surface area contributed by atoms with E-state index in [1.165, 1.54) is 19.3 Å². The summed E-state index contributed by atoms with van der Waals surface area (Å²) in [7, 11) is 0. The second-order valence-corrected chi connectivity index (χ2v) is 9.53. The molecule has 1 atom stereocenters. The Balaban J connectivity index is 1.28. The summed E-state index contributed by atoms with van der Waals surface area (Å²) in [6, 6.07) is 6.14. The van der Waals surface area contributed by atoms with Crippen LogP contribution in [-0.2, 0) is 24.4 Å². The highest BCUT2D eigenvalue weighted by atomic mass is 16.7. The lowest BCUT2D eigenvalue weighted by molar-refractivity contribution is 0.0893. The van der Waals surface area contributed by atoms with E-state index in [9.17, 15) is 4.79 Å². The molecule has 10 heteroatoms. The Kier molecular flexibility index (Phi) is 5.92. The van der Waals surface area contributed by atoms with Crippen molar-refractivity contribution in [2.45, 2.75) is 76.7 Å². The number of fused-ring (bicyclic) bond motifs is 2. The highest BCUT2D eigenvalue weighted by Crippen LogP contribution is 2.35. The molecule has 180 valence electrons. The van der Waals surface area contributed by atoms with Gasteiger partial charge in [-0.1, -0.05) is 19.3 Å². The Morgan fingerprint density at radius 2 is 1.88 bits per heavy atom. The number of rotatable bonds is 7. The fraction of sp³-hybridized carbons (Fsp3) is 0.583. The highest BCUT2D eigenvalue weighted by molar-refractivity contribution is 5.83. The molecule has 0 amide bonds. The minimum Gasteiger partial charge on any atom is -0.454 e. The third-order valence-corrected chi connectivity index (χ3v) is 7.23. The molecule has 0 radical (unpaired) electrons. The van der Waals surface area contributed by atoms with Gasteiger partial charge in [0.25, 0.3) is 5.56 Å². The predicted octanol–water partition coefficient (Wildman–Crippen LogP) is 2.76. The maximum atomic E-state index is 13.0. The molecule has 0 bridgehead atoms. The number of tetrazole rings is 1. The summed E-state index contributed by atoms with van der Waals surface area (Å²) in [4.78, 5) is 18.4. The second kappa shape index (κ2) is 9.34. The quantitative estimate of drug-likeness (QED) is 0.566. The van der Waals surface area contributed by atoms with E-state index in [1.54, 1.807) is 0 Å². The van der Waals surface area contributed by atoms with Crippen LogP contribution in [-0.4, -0.2) is 55.6 Å². The van der Waals surface area contributed by atoms with Crippen molar-refractivity contribution in [2.24, 2.45) is 0 Å². The lowest BCUT2D eigenvalue weighted by atomic mass is 9.93. The third kappa shape index (κ3) is 4.39. The summed E-state index contributed by atoms with van der Waals surface area (Å²) in [6.45, 7) is 2.82. The first kappa shape index (κ1) is 21.5. The number of ether oxygens (including phenoxy) is 3. The van der Waals surface area contributed by atoms with E-state index in [0.29, 0.717) is 37.2 Å². The number of hydrogen-bond donors (Lipinski definition) is 1. The van der Waals surface area contributed by atoms with Gasteiger partial charge >= 0.3 is 0 Å². The average Bonchev–Trinajstić information content (AvgIpc) is 3.62. The Hall–Kier alpha value is -2.98. The summed E-state index contributed by atoms with van der Waals surface area (Å²) in [5.41, 5.74) is 1.41. The smallest absolute Gasteiger partial charge is 0.252 e. The number of benzene rings is 1. The molecule has 2 aromatic heterocycles. The first-order valence-corrected chi connectivity index (χ1v) is 12.3. The van der Waals surface area contributed by atoms with Crippen LogP contribution in [0.2, 0.25) is 0 Å².